The molecule has 0 spiro atoms. The van der Waals surface area contributed by atoms with Crippen molar-refractivity contribution < 1.29 is 5.11 Å². The Bertz CT molecular complexity index is 564. The van der Waals surface area contributed by atoms with Gasteiger partial charge in [-0.25, -0.2) is 0 Å². The molecular formula is C17H20ClNOS. The number of benzene rings is 2. The van der Waals surface area contributed by atoms with Crippen LogP contribution in [-0.2, 0) is 5.54 Å². The highest BCUT2D eigenvalue weighted by molar-refractivity contribution is 7.99. The van der Waals surface area contributed by atoms with Crippen LogP contribution < -0.4 is 5.32 Å². The van der Waals surface area contributed by atoms with E-state index in [1.54, 1.807) is 11.8 Å². The first-order chi connectivity index (χ1) is 10.2. The van der Waals surface area contributed by atoms with E-state index in [0.717, 1.165) is 27.8 Å². The Hall–Kier alpha value is -1.00. The summed E-state index contributed by atoms with van der Waals surface area (Å²) in [4.78, 5) is 1.11. The lowest BCUT2D eigenvalue weighted by atomic mass is 9.92. The molecular weight excluding hydrogens is 302 g/mol. The third-order valence-electron chi connectivity index (χ3n) is 3.39. The fourth-order valence-corrected chi connectivity index (χ4v) is 3.70. The van der Waals surface area contributed by atoms with Crippen molar-refractivity contribution in [1.82, 2.24) is 5.32 Å². The van der Waals surface area contributed by atoms with Gasteiger partial charge >= 0.3 is 0 Å². The van der Waals surface area contributed by atoms with Crippen molar-refractivity contribution in [3.63, 3.8) is 0 Å². The zero-order chi connectivity index (χ0) is 15.1. The number of thioether (sulfide) groups is 1. The van der Waals surface area contributed by atoms with E-state index in [0.29, 0.717) is 0 Å². The quantitative estimate of drug-likeness (QED) is 0.758. The lowest BCUT2D eigenvalue weighted by molar-refractivity contribution is 0.181. The Kier molecular flexibility index (Phi) is 6.12. The molecule has 4 heteroatoms. The van der Waals surface area contributed by atoms with Crippen LogP contribution in [0.4, 0.5) is 0 Å². The standard InChI is InChI=1S/C17H20ClNOS/c1-2-19-17(12-20,14-7-4-3-5-8-14)13-21-16-10-6-9-15(18)11-16/h3-11,19-20H,2,12-13H2,1H3. The Labute approximate surface area is 135 Å². The molecule has 0 aromatic heterocycles. The molecule has 2 aromatic carbocycles. The van der Waals surface area contributed by atoms with Gasteiger partial charge in [-0.2, -0.15) is 0 Å². The van der Waals surface area contributed by atoms with Crippen LogP contribution in [0.25, 0.3) is 0 Å². The molecule has 0 aliphatic carbocycles. The van der Waals surface area contributed by atoms with Gasteiger partial charge in [0.15, 0.2) is 0 Å². The van der Waals surface area contributed by atoms with Crippen molar-refractivity contribution in [3.8, 4) is 0 Å². The summed E-state index contributed by atoms with van der Waals surface area (Å²) < 4.78 is 0. The Morgan fingerprint density at radius 1 is 1.14 bits per heavy atom. The number of hydrogen-bond donors (Lipinski definition) is 2. The predicted molar refractivity (Wildman–Crippen MR) is 91.1 cm³/mol. The Morgan fingerprint density at radius 3 is 2.52 bits per heavy atom. The van der Waals surface area contributed by atoms with Gasteiger partial charge in [-0.1, -0.05) is 54.9 Å². The predicted octanol–water partition coefficient (Wildman–Crippen LogP) is 3.93. The average molecular weight is 322 g/mol. The first-order valence-electron chi connectivity index (χ1n) is 7.00. The van der Waals surface area contributed by atoms with E-state index in [1.165, 1.54) is 0 Å². The second kappa shape index (κ2) is 7.85. The molecule has 2 nitrogen and oxygen atoms in total. The molecule has 0 radical (unpaired) electrons. The smallest absolute Gasteiger partial charge is 0.0764 e. The first-order valence-corrected chi connectivity index (χ1v) is 8.36. The molecule has 0 heterocycles. The number of nitrogens with one attached hydrogen (secondary N) is 1. The maximum absolute atomic E-state index is 9.99. The number of aliphatic hydroxyl groups is 1. The van der Waals surface area contributed by atoms with Crippen LogP contribution in [0.1, 0.15) is 12.5 Å². The largest absolute Gasteiger partial charge is 0.394 e. The van der Waals surface area contributed by atoms with E-state index < -0.39 is 5.54 Å². The Morgan fingerprint density at radius 2 is 1.90 bits per heavy atom. The highest BCUT2D eigenvalue weighted by Gasteiger charge is 2.30. The summed E-state index contributed by atoms with van der Waals surface area (Å²) in [5.41, 5.74) is 0.659. The molecule has 0 saturated heterocycles. The van der Waals surface area contributed by atoms with Gasteiger partial charge in [0.25, 0.3) is 0 Å². The normalized spacial score (nSPS) is 13.9. The monoisotopic (exact) mass is 321 g/mol. The fraction of sp³-hybridized carbons (Fsp3) is 0.294. The third kappa shape index (κ3) is 4.24. The zero-order valence-electron chi connectivity index (χ0n) is 12.1. The topological polar surface area (TPSA) is 32.3 Å². The highest BCUT2D eigenvalue weighted by atomic mass is 35.5. The summed E-state index contributed by atoms with van der Waals surface area (Å²) in [7, 11) is 0. The summed E-state index contributed by atoms with van der Waals surface area (Å²) in [6.45, 7) is 2.90. The minimum absolute atomic E-state index is 0.0540. The summed E-state index contributed by atoms with van der Waals surface area (Å²) in [5, 5.41) is 14.2. The summed E-state index contributed by atoms with van der Waals surface area (Å²) >= 11 is 7.72. The molecule has 2 aromatic rings. The molecule has 2 N–H and O–H groups in total. The van der Waals surface area contributed by atoms with Gasteiger partial charge in [0.2, 0.25) is 0 Å². The fourth-order valence-electron chi connectivity index (χ4n) is 2.29. The van der Waals surface area contributed by atoms with Crippen molar-refractivity contribution >= 4 is 23.4 Å². The second-order valence-corrected chi connectivity index (χ2v) is 6.37. The van der Waals surface area contributed by atoms with Gasteiger partial charge in [0.05, 0.1) is 12.1 Å². The van der Waals surface area contributed by atoms with Crippen molar-refractivity contribution in [2.24, 2.45) is 0 Å². The average Bonchev–Trinajstić information content (AvgIpc) is 2.52. The van der Waals surface area contributed by atoms with Crippen LogP contribution in [0, 0.1) is 0 Å². The third-order valence-corrected chi connectivity index (χ3v) is 4.85. The lowest BCUT2D eigenvalue weighted by Crippen LogP contribution is -2.47. The van der Waals surface area contributed by atoms with Gasteiger partial charge in [0.1, 0.15) is 0 Å². The van der Waals surface area contributed by atoms with Gasteiger partial charge < -0.3 is 10.4 Å². The van der Waals surface area contributed by atoms with E-state index in [9.17, 15) is 5.11 Å². The molecule has 0 aliphatic rings. The highest BCUT2D eigenvalue weighted by Crippen LogP contribution is 2.30. The molecule has 2 rings (SSSR count). The number of rotatable bonds is 7. The Balaban J connectivity index is 2.20. The zero-order valence-corrected chi connectivity index (χ0v) is 13.6. The minimum atomic E-state index is -0.441. The molecule has 21 heavy (non-hydrogen) atoms. The van der Waals surface area contributed by atoms with Crippen molar-refractivity contribution in [2.75, 3.05) is 18.9 Å². The number of hydrogen-bond acceptors (Lipinski definition) is 3. The van der Waals surface area contributed by atoms with E-state index in [1.807, 2.05) is 42.5 Å². The molecule has 1 unspecified atom stereocenters. The van der Waals surface area contributed by atoms with Gasteiger partial charge in [-0.15, -0.1) is 11.8 Å². The molecule has 0 bridgehead atoms. The minimum Gasteiger partial charge on any atom is -0.394 e. The summed E-state index contributed by atoms with van der Waals surface area (Å²) in [5.74, 6) is 0.738. The number of likely N-dealkylation sites (N-methyl/N-ethyl adjacent to an activating group) is 1. The van der Waals surface area contributed by atoms with Gasteiger partial charge in [-0.05, 0) is 30.3 Å². The number of halogens is 1. The summed E-state index contributed by atoms with van der Waals surface area (Å²) in [6, 6.07) is 17.9. The first kappa shape index (κ1) is 16.4. The molecule has 0 aliphatic heterocycles. The van der Waals surface area contributed by atoms with Crippen LogP contribution in [0.3, 0.4) is 0 Å². The van der Waals surface area contributed by atoms with Gasteiger partial charge in [0, 0.05) is 15.7 Å². The molecule has 112 valence electrons. The van der Waals surface area contributed by atoms with Crippen molar-refractivity contribution in [2.45, 2.75) is 17.4 Å². The van der Waals surface area contributed by atoms with Crippen molar-refractivity contribution in [1.29, 1.82) is 0 Å². The van der Waals surface area contributed by atoms with E-state index in [-0.39, 0.29) is 6.61 Å². The summed E-state index contributed by atoms with van der Waals surface area (Å²) in [6.07, 6.45) is 0. The number of aliphatic hydroxyl groups excluding tert-OH is 1. The molecule has 1 atom stereocenters. The van der Waals surface area contributed by atoms with Crippen LogP contribution >= 0.6 is 23.4 Å². The molecule has 0 fully saturated rings. The van der Waals surface area contributed by atoms with Gasteiger partial charge in [-0.3, -0.25) is 0 Å². The van der Waals surface area contributed by atoms with Crippen LogP contribution in [0.15, 0.2) is 59.5 Å². The maximum Gasteiger partial charge on any atom is 0.0764 e. The van der Waals surface area contributed by atoms with E-state index in [2.05, 4.69) is 24.4 Å². The lowest BCUT2D eigenvalue weighted by Gasteiger charge is -2.33. The van der Waals surface area contributed by atoms with Crippen LogP contribution in [-0.4, -0.2) is 24.0 Å². The second-order valence-electron chi connectivity index (χ2n) is 4.88. The maximum atomic E-state index is 9.99. The van der Waals surface area contributed by atoms with Crippen molar-refractivity contribution in [3.05, 3.63) is 65.2 Å². The molecule has 0 saturated carbocycles. The van der Waals surface area contributed by atoms with Crippen LogP contribution in [0.5, 0.6) is 0 Å². The molecule has 0 amide bonds. The van der Waals surface area contributed by atoms with Crippen LogP contribution in [0.2, 0.25) is 5.02 Å². The SMILES string of the molecule is CCNC(CO)(CSc1cccc(Cl)c1)c1ccccc1. The van der Waals surface area contributed by atoms with E-state index >= 15 is 0 Å². The van der Waals surface area contributed by atoms with E-state index in [4.69, 9.17) is 11.6 Å².